The highest BCUT2D eigenvalue weighted by molar-refractivity contribution is 5.94. The van der Waals surface area contributed by atoms with Crippen molar-refractivity contribution in [3.05, 3.63) is 71.7 Å². The maximum absolute atomic E-state index is 12.6. The van der Waals surface area contributed by atoms with Gasteiger partial charge >= 0.3 is 5.97 Å². The molecule has 4 rings (SSSR count). The lowest BCUT2D eigenvalue weighted by Gasteiger charge is -2.30. The Hall–Kier alpha value is -3.61. The first kappa shape index (κ1) is 24.5. The molecule has 0 bridgehead atoms. The zero-order valence-corrected chi connectivity index (χ0v) is 20.3. The summed E-state index contributed by atoms with van der Waals surface area (Å²) in [4.78, 5) is 28.9. The average Bonchev–Trinajstić information content (AvgIpc) is 3.28. The maximum Gasteiger partial charge on any atom is 0.305 e. The molecule has 1 aliphatic rings. The second-order valence-electron chi connectivity index (χ2n) is 9.19. The van der Waals surface area contributed by atoms with E-state index in [1.807, 2.05) is 31.2 Å². The molecule has 3 aromatic rings. The van der Waals surface area contributed by atoms with Crippen LogP contribution in [0.2, 0.25) is 0 Å². The first-order valence-corrected chi connectivity index (χ1v) is 12.2. The number of amides is 1. The third kappa shape index (κ3) is 6.10. The number of aryl methyl sites for hydroxylation is 1. The molecular formula is C28H32N2O5. The number of pyridine rings is 1. The summed E-state index contributed by atoms with van der Waals surface area (Å²) in [6.07, 6.45) is 9.11. The van der Waals surface area contributed by atoms with Gasteiger partial charge in [-0.1, -0.05) is 19.3 Å². The van der Waals surface area contributed by atoms with Crippen LogP contribution in [0.3, 0.4) is 0 Å². The molecule has 0 radical (unpaired) electrons. The number of aliphatic carboxylic acids is 1. The zero-order chi connectivity index (χ0) is 24.8. The minimum Gasteiger partial charge on any atom is -0.485 e. The fourth-order valence-electron chi connectivity index (χ4n) is 4.70. The van der Waals surface area contributed by atoms with Crippen LogP contribution in [0, 0.1) is 12.8 Å². The lowest BCUT2D eigenvalue weighted by atomic mass is 9.82. The number of carboxylic acids is 1. The number of furan rings is 1. The molecule has 1 atom stereocenters. The molecule has 1 unspecified atom stereocenters. The quantitative estimate of drug-likeness (QED) is 0.413. The molecule has 0 spiro atoms. The fraction of sp³-hybridized carbons (Fsp3) is 0.393. The summed E-state index contributed by atoms with van der Waals surface area (Å²) in [6.45, 7) is 2.14. The minimum absolute atomic E-state index is 0.0853. The Morgan fingerprint density at radius 1 is 1.11 bits per heavy atom. The Balaban J connectivity index is 1.54. The summed E-state index contributed by atoms with van der Waals surface area (Å²) in [7, 11) is 1.61. The first-order valence-electron chi connectivity index (χ1n) is 12.2. The van der Waals surface area contributed by atoms with Crippen LogP contribution in [0.25, 0.3) is 11.3 Å². The smallest absolute Gasteiger partial charge is 0.305 e. The summed E-state index contributed by atoms with van der Waals surface area (Å²) < 4.78 is 12.7. The van der Waals surface area contributed by atoms with Crippen molar-refractivity contribution in [1.29, 1.82) is 0 Å². The number of rotatable bonds is 9. The molecule has 35 heavy (non-hydrogen) atoms. The van der Waals surface area contributed by atoms with Gasteiger partial charge in [0.2, 0.25) is 0 Å². The molecule has 2 aromatic heterocycles. The summed E-state index contributed by atoms with van der Waals surface area (Å²) in [5.41, 5.74) is 2.53. The van der Waals surface area contributed by atoms with Gasteiger partial charge in [-0.15, -0.1) is 0 Å². The Morgan fingerprint density at radius 3 is 2.46 bits per heavy atom. The van der Waals surface area contributed by atoms with E-state index in [1.54, 1.807) is 31.6 Å². The van der Waals surface area contributed by atoms with Crippen LogP contribution in [0.4, 0.5) is 0 Å². The maximum atomic E-state index is 12.6. The van der Waals surface area contributed by atoms with E-state index in [0.29, 0.717) is 17.2 Å². The molecule has 184 valence electrons. The minimum atomic E-state index is -0.927. The van der Waals surface area contributed by atoms with E-state index in [-0.39, 0.29) is 25.0 Å². The number of carbonyl (C=O) groups excluding carboxylic acids is 1. The van der Waals surface area contributed by atoms with Crippen molar-refractivity contribution >= 4 is 11.9 Å². The number of aromatic nitrogens is 1. The second kappa shape index (κ2) is 11.2. The van der Waals surface area contributed by atoms with Crippen molar-refractivity contribution in [2.45, 2.75) is 51.6 Å². The molecule has 0 aliphatic heterocycles. The lowest BCUT2D eigenvalue weighted by Crippen LogP contribution is -2.29. The van der Waals surface area contributed by atoms with Crippen molar-refractivity contribution in [3.8, 4) is 17.1 Å². The summed E-state index contributed by atoms with van der Waals surface area (Å²) in [5.74, 6) is 1.58. The van der Waals surface area contributed by atoms with Gasteiger partial charge < -0.3 is 19.2 Å². The number of carbonyl (C=O) groups is 2. The molecule has 1 N–H and O–H groups in total. The monoisotopic (exact) mass is 476 g/mol. The van der Waals surface area contributed by atoms with Crippen molar-refractivity contribution < 1.29 is 23.8 Å². The third-order valence-corrected chi connectivity index (χ3v) is 6.68. The number of ether oxygens (including phenoxy) is 1. The Bertz CT molecular complexity index is 1130. The van der Waals surface area contributed by atoms with E-state index in [2.05, 4.69) is 11.1 Å². The van der Waals surface area contributed by atoms with Crippen LogP contribution >= 0.6 is 0 Å². The van der Waals surface area contributed by atoms with Crippen LogP contribution < -0.4 is 4.74 Å². The fourth-order valence-corrected chi connectivity index (χ4v) is 4.70. The predicted octanol–water partition coefficient (Wildman–Crippen LogP) is 5.90. The van der Waals surface area contributed by atoms with E-state index in [0.717, 1.165) is 35.5 Å². The molecule has 1 amide bonds. The van der Waals surface area contributed by atoms with Gasteiger partial charge in [-0.05, 0) is 62.2 Å². The van der Waals surface area contributed by atoms with E-state index in [4.69, 9.17) is 14.3 Å². The molecule has 7 nitrogen and oxygen atoms in total. The molecule has 1 aliphatic carbocycles. The summed E-state index contributed by atoms with van der Waals surface area (Å²) in [5, 5.41) is 8.86. The predicted molar refractivity (Wildman–Crippen MR) is 132 cm³/mol. The molecule has 1 aromatic carbocycles. The van der Waals surface area contributed by atoms with Crippen molar-refractivity contribution in [1.82, 2.24) is 9.88 Å². The average molecular weight is 477 g/mol. The van der Waals surface area contributed by atoms with Crippen LogP contribution in [0.5, 0.6) is 5.75 Å². The molecule has 1 saturated carbocycles. The molecular weight excluding hydrogens is 444 g/mol. The van der Waals surface area contributed by atoms with E-state index in [9.17, 15) is 9.59 Å². The number of benzene rings is 1. The van der Waals surface area contributed by atoms with E-state index < -0.39 is 5.97 Å². The molecule has 0 saturated heterocycles. The van der Waals surface area contributed by atoms with Gasteiger partial charge in [0.05, 0.1) is 6.42 Å². The van der Waals surface area contributed by atoms with Gasteiger partial charge in [-0.25, -0.2) is 0 Å². The van der Waals surface area contributed by atoms with Gasteiger partial charge in [-0.2, -0.15) is 0 Å². The molecule has 1 fully saturated rings. The Labute approximate surface area is 205 Å². The van der Waals surface area contributed by atoms with Crippen molar-refractivity contribution in [2.24, 2.45) is 5.92 Å². The number of hydrogen-bond acceptors (Lipinski definition) is 5. The van der Waals surface area contributed by atoms with Gasteiger partial charge in [0.15, 0.2) is 0 Å². The Morgan fingerprint density at radius 2 is 1.80 bits per heavy atom. The van der Waals surface area contributed by atoms with Gasteiger partial charge in [-0.3, -0.25) is 14.6 Å². The number of carboxylic acid groups (broad SMARTS) is 1. The van der Waals surface area contributed by atoms with E-state index in [1.165, 1.54) is 24.2 Å². The van der Waals surface area contributed by atoms with Crippen LogP contribution in [-0.4, -0.2) is 40.5 Å². The topological polar surface area (TPSA) is 92.9 Å². The normalized spacial score (nSPS) is 14.9. The highest BCUT2D eigenvalue weighted by atomic mass is 16.5. The lowest BCUT2D eigenvalue weighted by molar-refractivity contribution is -0.137. The standard InChI is InChI=1S/C28H32N2O5/c1-19-24(18-25(34-19)20-12-15-29-16-13-20)27(21-6-4-3-5-7-21)35-23-10-8-22(9-11-23)28(33)30(2)17-14-26(31)32/h8-13,15-16,18,21,27H,3-7,14,17H2,1-2H3,(H,31,32). The van der Waals surface area contributed by atoms with Gasteiger partial charge in [0, 0.05) is 48.6 Å². The van der Waals surface area contributed by atoms with Crippen molar-refractivity contribution in [2.75, 3.05) is 13.6 Å². The van der Waals surface area contributed by atoms with Crippen molar-refractivity contribution in [3.63, 3.8) is 0 Å². The van der Waals surface area contributed by atoms with Crippen LogP contribution in [0.15, 0.2) is 59.3 Å². The summed E-state index contributed by atoms with van der Waals surface area (Å²) >= 11 is 0. The molecule has 2 heterocycles. The van der Waals surface area contributed by atoms with Crippen LogP contribution in [-0.2, 0) is 4.79 Å². The highest BCUT2D eigenvalue weighted by Gasteiger charge is 2.30. The largest absolute Gasteiger partial charge is 0.485 e. The summed E-state index contributed by atoms with van der Waals surface area (Å²) in [6, 6.07) is 13.0. The van der Waals surface area contributed by atoms with Gasteiger partial charge in [0.1, 0.15) is 23.4 Å². The van der Waals surface area contributed by atoms with Gasteiger partial charge in [0.25, 0.3) is 5.91 Å². The third-order valence-electron chi connectivity index (χ3n) is 6.68. The molecule has 7 heteroatoms. The van der Waals surface area contributed by atoms with E-state index >= 15 is 0 Å². The van der Waals surface area contributed by atoms with Crippen LogP contribution in [0.1, 0.15) is 66.3 Å². The highest BCUT2D eigenvalue weighted by Crippen LogP contribution is 2.41. The zero-order valence-electron chi connectivity index (χ0n) is 20.3. The Kier molecular flexibility index (Phi) is 7.85. The number of nitrogens with zero attached hydrogens (tertiary/aromatic N) is 2. The number of hydrogen-bond donors (Lipinski definition) is 1. The SMILES string of the molecule is Cc1oc(-c2ccncc2)cc1C(Oc1ccc(C(=O)N(C)CCC(=O)O)cc1)C1CCCCC1. The first-order chi connectivity index (χ1) is 16.9. The second-order valence-corrected chi connectivity index (χ2v) is 9.19.